The van der Waals surface area contributed by atoms with Crippen molar-refractivity contribution in [1.82, 2.24) is 10.8 Å². The molecule has 2 fully saturated rings. The zero-order chi connectivity index (χ0) is 22.6. The Kier molecular flexibility index (Phi) is 7.26. The van der Waals surface area contributed by atoms with Gasteiger partial charge in [0, 0.05) is 29.3 Å². The molecule has 2 unspecified atom stereocenters. The number of hydrogen-bond donors (Lipinski definition) is 2. The molecule has 3 heterocycles. The summed E-state index contributed by atoms with van der Waals surface area (Å²) in [6.07, 6.45) is 2.10. The first-order valence-electron chi connectivity index (χ1n) is 10.7. The van der Waals surface area contributed by atoms with Gasteiger partial charge < -0.3 is 10.1 Å². The van der Waals surface area contributed by atoms with Crippen LogP contribution in [0, 0.1) is 5.82 Å². The number of thiophene rings is 1. The molecule has 2 aliphatic heterocycles. The summed E-state index contributed by atoms with van der Waals surface area (Å²) >= 11 is 1.32. The van der Waals surface area contributed by atoms with Gasteiger partial charge in [-0.05, 0) is 55.6 Å². The zero-order valence-electron chi connectivity index (χ0n) is 17.6. The maximum Gasteiger partial charge on any atom is 0.245 e. The van der Waals surface area contributed by atoms with Gasteiger partial charge in [0.15, 0.2) is 16.1 Å². The van der Waals surface area contributed by atoms with Gasteiger partial charge >= 0.3 is 0 Å². The molecule has 2 saturated heterocycles. The van der Waals surface area contributed by atoms with Gasteiger partial charge in [-0.3, -0.25) is 4.79 Å². The van der Waals surface area contributed by atoms with Crippen molar-refractivity contribution in [2.75, 3.05) is 25.4 Å². The van der Waals surface area contributed by atoms with Crippen molar-refractivity contribution in [2.24, 2.45) is 0 Å². The third kappa shape index (κ3) is 5.04. The first-order valence-corrected chi connectivity index (χ1v) is 13.2. The molecule has 174 valence electrons. The largest absolute Gasteiger partial charge is 0.350 e. The predicted octanol–water partition coefficient (Wildman–Crippen LogP) is 3.12. The fourth-order valence-electron chi connectivity index (χ4n) is 4.12. The van der Waals surface area contributed by atoms with Gasteiger partial charge in [-0.25, -0.2) is 23.1 Å². The van der Waals surface area contributed by atoms with Crippen molar-refractivity contribution in [2.45, 2.75) is 43.1 Å². The Morgan fingerprint density at radius 1 is 1.22 bits per heavy atom. The highest BCUT2D eigenvalue weighted by Crippen LogP contribution is 2.44. The van der Waals surface area contributed by atoms with Gasteiger partial charge in [0.1, 0.15) is 10.6 Å². The minimum Gasteiger partial charge on any atom is -0.350 e. The number of halogens is 1. The van der Waals surface area contributed by atoms with Crippen LogP contribution in [0.4, 0.5) is 4.39 Å². The minimum atomic E-state index is -3.65. The van der Waals surface area contributed by atoms with E-state index in [0.29, 0.717) is 31.0 Å². The Hall–Kier alpha value is -1.85. The second-order valence-electron chi connectivity index (χ2n) is 8.10. The van der Waals surface area contributed by atoms with Crippen molar-refractivity contribution < 1.29 is 27.2 Å². The summed E-state index contributed by atoms with van der Waals surface area (Å²) in [6.45, 7) is 1.39. The van der Waals surface area contributed by atoms with Crippen molar-refractivity contribution in [3.8, 4) is 10.4 Å². The summed E-state index contributed by atoms with van der Waals surface area (Å²) in [4.78, 5) is 19.6. The number of rotatable bonds is 6. The Morgan fingerprint density at radius 2 is 2.03 bits per heavy atom. The molecule has 4 rings (SSSR count). The fraction of sp³-hybridized carbons (Fsp3) is 0.500. The van der Waals surface area contributed by atoms with Crippen LogP contribution in [0.1, 0.15) is 37.0 Å². The molecular weight excluding hydrogens is 455 g/mol. The van der Waals surface area contributed by atoms with Gasteiger partial charge in [-0.1, -0.05) is 12.1 Å². The lowest BCUT2D eigenvalue weighted by atomic mass is 9.97. The number of hydroxylamine groups is 1. The van der Waals surface area contributed by atoms with E-state index in [2.05, 4.69) is 10.8 Å². The molecule has 32 heavy (non-hydrogen) atoms. The maximum absolute atomic E-state index is 13.4. The minimum absolute atomic E-state index is 0.0589. The lowest BCUT2D eigenvalue weighted by Gasteiger charge is -2.31. The van der Waals surface area contributed by atoms with Gasteiger partial charge in [0.2, 0.25) is 5.91 Å². The summed E-state index contributed by atoms with van der Waals surface area (Å²) in [5.41, 5.74) is 3.21. The molecule has 1 amide bonds. The molecule has 0 bridgehead atoms. The molecular formula is C22H27FN2O5S2. The third-order valence-electron chi connectivity index (χ3n) is 5.92. The second-order valence-corrected chi connectivity index (χ2v) is 11.6. The van der Waals surface area contributed by atoms with Crippen LogP contribution < -0.4 is 10.8 Å². The third-order valence-corrected chi connectivity index (χ3v) is 9.89. The molecule has 0 saturated carbocycles. The summed E-state index contributed by atoms with van der Waals surface area (Å²) in [6, 6.07) is 9.65. The van der Waals surface area contributed by atoms with E-state index in [0.717, 1.165) is 23.3 Å². The fourth-order valence-corrected chi connectivity index (χ4v) is 7.69. The van der Waals surface area contributed by atoms with Crippen molar-refractivity contribution in [1.29, 1.82) is 0 Å². The Bertz CT molecular complexity index is 1030. The van der Waals surface area contributed by atoms with Crippen LogP contribution in [0.3, 0.4) is 0 Å². The van der Waals surface area contributed by atoms with Crippen LogP contribution in [0.5, 0.6) is 0 Å². The highest BCUT2D eigenvalue weighted by molar-refractivity contribution is 7.92. The number of carbonyl (C=O) groups excluding carboxylic acids is 1. The highest BCUT2D eigenvalue weighted by Gasteiger charge is 2.48. The summed E-state index contributed by atoms with van der Waals surface area (Å²) < 4.78 is 44.3. The smallest absolute Gasteiger partial charge is 0.245 e. The summed E-state index contributed by atoms with van der Waals surface area (Å²) in [7, 11) is -3.65. The van der Waals surface area contributed by atoms with E-state index in [1.807, 2.05) is 6.07 Å². The number of amides is 1. The van der Waals surface area contributed by atoms with E-state index >= 15 is 0 Å². The summed E-state index contributed by atoms with van der Waals surface area (Å²) in [5, 5.41) is 3.13. The number of hydrogen-bond acceptors (Lipinski definition) is 7. The van der Waals surface area contributed by atoms with Crippen molar-refractivity contribution >= 4 is 27.1 Å². The van der Waals surface area contributed by atoms with Crippen LogP contribution in [0.15, 0.2) is 36.4 Å². The molecule has 2 aliphatic rings. The lowest BCUT2D eigenvalue weighted by Crippen LogP contribution is -2.43. The van der Waals surface area contributed by atoms with Crippen LogP contribution in [-0.2, 0) is 29.0 Å². The molecule has 2 N–H and O–H groups in total. The average molecular weight is 483 g/mol. The topological polar surface area (TPSA) is 93.7 Å². The molecule has 1 aromatic carbocycles. The van der Waals surface area contributed by atoms with E-state index in [4.69, 9.17) is 9.57 Å². The average Bonchev–Trinajstić information content (AvgIpc) is 3.23. The van der Waals surface area contributed by atoms with Crippen molar-refractivity contribution in [3.05, 3.63) is 47.1 Å². The van der Waals surface area contributed by atoms with E-state index in [9.17, 15) is 17.6 Å². The normalized spacial score (nSPS) is 25.7. The van der Waals surface area contributed by atoms with Crippen LogP contribution in [0.25, 0.3) is 10.4 Å². The van der Waals surface area contributed by atoms with Crippen molar-refractivity contribution in [3.63, 3.8) is 0 Å². The van der Waals surface area contributed by atoms with Crippen LogP contribution in [-0.4, -0.2) is 46.1 Å². The van der Waals surface area contributed by atoms with Gasteiger partial charge in [0.25, 0.3) is 0 Å². The molecule has 2 atom stereocenters. The number of nitrogens with one attached hydrogen (secondary N) is 2. The number of benzene rings is 1. The van der Waals surface area contributed by atoms with E-state index < -0.39 is 26.8 Å². The Labute approximate surface area is 191 Å². The second kappa shape index (κ2) is 9.96. The molecule has 0 radical (unpaired) electrons. The molecule has 2 aromatic rings. The molecule has 1 aromatic heterocycles. The van der Waals surface area contributed by atoms with Crippen LogP contribution in [0.2, 0.25) is 0 Å². The van der Waals surface area contributed by atoms with E-state index in [1.165, 1.54) is 23.5 Å². The maximum atomic E-state index is 13.4. The van der Waals surface area contributed by atoms with Gasteiger partial charge in [-0.15, -0.1) is 11.3 Å². The predicted molar refractivity (Wildman–Crippen MR) is 120 cm³/mol. The highest BCUT2D eigenvalue weighted by atomic mass is 32.2. The molecule has 0 aliphatic carbocycles. The van der Waals surface area contributed by atoms with Gasteiger partial charge in [-0.2, -0.15) is 0 Å². The lowest BCUT2D eigenvalue weighted by molar-refractivity contribution is -0.200. The monoisotopic (exact) mass is 482 g/mol. The van der Waals surface area contributed by atoms with E-state index in [1.54, 1.807) is 18.2 Å². The first-order chi connectivity index (χ1) is 15.4. The first kappa shape index (κ1) is 23.3. The Morgan fingerprint density at radius 3 is 2.78 bits per heavy atom. The molecule has 0 spiro atoms. The standard InChI is InChI=1S/C22H27FN2O5S2/c23-17-6-4-16(5-7-17)18-8-9-19(31-18)22(10-11-24-12-14-32(22,27)28)15-20(26)25-30-21-3-1-2-13-29-21/h4-9,21,24H,1-3,10-15H2,(H,25,26). The number of sulfone groups is 1. The molecule has 7 nitrogen and oxygen atoms in total. The number of ether oxygens (including phenoxy) is 1. The SMILES string of the molecule is O=C(CC1(c2ccc(-c3ccc(F)cc3)s2)CCNCCS1(=O)=O)NOC1CCCCO1. The quantitative estimate of drug-likeness (QED) is 0.615. The van der Waals surface area contributed by atoms with Gasteiger partial charge in [0.05, 0.1) is 12.2 Å². The Balaban J connectivity index is 1.60. The zero-order valence-corrected chi connectivity index (χ0v) is 19.3. The number of carbonyl (C=O) groups is 1. The molecule has 10 heteroatoms. The van der Waals surface area contributed by atoms with Crippen LogP contribution >= 0.6 is 11.3 Å². The summed E-state index contributed by atoms with van der Waals surface area (Å²) in [5.74, 6) is -0.893. The van der Waals surface area contributed by atoms with E-state index in [-0.39, 0.29) is 24.4 Å².